The van der Waals surface area contributed by atoms with Crippen LogP contribution < -0.4 is 0 Å². The maximum Gasteiger partial charge on any atom is 2.00 e. The van der Waals surface area contributed by atoms with Gasteiger partial charge < -0.3 is 7.59 Å². The Bertz CT molecular complexity index is 389. The third-order valence-corrected chi connectivity index (χ3v) is 4.01. The molecule has 25 heavy (non-hydrogen) atoms. The minimum atomic E-state index is -0.211. The van der Waals surface area contributed by atoms with E-state index in [1.54, 1.807) is 6.92 Å². The van der Waals surface area contributed by atoms with E-state index in [2.05, 4.69) is 42.0 Å². The van der Waals surface area contributed by atoms with E-state index in [1.807, 2.05) is 0 Å². The van der Waals surface area contributed by atoms with Gasteiger partial charge in [-0.3, -0.25) is 4.79 Å². The van der Waals surface area contributed by atoms with Crippen molar-refractivity contribution in [2.24, 2.45) is 0 Å². The van der Waals surface area contributed by atoms with Gasteiger partial charge in [-0.1, -0.05) is 95.0 Å². The van der Waals surface area contributed by atoms with Crippen LogP contribution in [0.1, 0.15) is 93.4 Å². The summed E-state index contributed by atoms with van der Waals surface area (Å²) in [6.45, 7) is 5.94. The first-order valence-electron chi connectivity index (χ1n) is 9.88. The fraction of sp³-hybridized carbons (Fsp3) is 0.682. The minimum absolute atomic E-state index is 0. The molecule has 0 aliphatic rings. The zero-order valence-corrected chi connectivity index (χ0v) is 19.1. The van der Waals surface area contributed by atoms with Gasteiger partial charge in [0.05, 0.1) is 6.61 Å². The number of aryl methyl sites for hydroxylation is 1. The van der Waals surface area contributed by atoms with E-state index >= 15 is 0 Å². The first-order chi connectivity index (χ1) is 11.7. The van der Waals surface area contributed by atoms with Gasteiger partial charge in [0.25, 0.3) is 0 Å². The topological polar surface area (TPSA) is 26.3 Å². The van der Waals surface area contributed by atoms with Crippen molar-refractivity contribution < 1.29 is 12.4 Å². The van der Waals surface area contributed by atoms with Gasteiger partial charge in [-0.25, -0.2) is 0 Å². The molecule has 2 nitrogen and oxygen atoms in total. The quantitative estimate of drug-likeness (QED) is 0.234. The van der Waals surface area contributed by atoms with Gasteiger partial charge in [-0.05, 0) is 25.3 Å². The third-order valence-electron chi connectivity index (χ3n) is 4.01. The van der Waals surface area contributed by atoms with Crippen LogP contribution in [0.3, 0.4) is 0 Å². The van der Waals surface area contributed by atoms with Crippen molar-refractivity contribution in [3.63, 3.8) is 0 Å². The second kappa shape index (κ2) is 22.0. The van der Waals surface area contributed by atoms with Gasteiger partial charge >= 0.3 is 43.7 Å². The fourth-order valence-electron chi connectivity index (χ4n) is 2.66. The van der Waals surface area contributed by atoms with Crippen molar-refractivity contribution in [3.05, 3.63) is 35.9 Å². The third kappa shape index (κ3) is 21.9. The molecule has 1 aromatic carbocycles. The summed E-state index contributed by atoms with van der Waals surface area (Å²) in [5, 5.41) is 0. The summed E-state index contributed by atoms with van der Waals surface area (Å²) >= 11 is 0. The maximum absolute atomic E-state index is 9.82. The van der Waals surface area contributed by atoms with Crippen LogP contribution in [0.5, 0.6) is 0 Å². The van der Waals surface area contributed by atoms with Crippen LogP contribution in [0.4, 0.5) is 0 Å². The molecule has 0 fully saturated rings. The number of ether oxygens (including phenoxy) is 1. The molecule has 0 aliphatic carbocycles. The number of unbranched alkanes of at least 4 members (excludes halogenated alkanes) is 9. The van der Waals surface area contributed by atoms with Crippen LogP contribution in [0.25, 0.3) is 0 Å². The zero-order valence-electron chi connectivity index (χ0n) is 18.9. The molecule has 0 atom stereocenters. The van der Waals surface area contributed by atoms with Gasteiger partial charge in [0.2, 0.25) is 0 Å². The maximum atomic E-state index is 9.82. The van der Waals surface area contributed by atoms with Crippen LogP contribution in [-0.4, -0.2) is 50.3 Å². The van der Waals surface area contributed by atoms with Crippen LogP contribution in [0, 0.1) is 0 Å². The molecule has 0 N–H and O–H groups in total. The van der Waals surface area contributed by atoms with Crippen molar-refractivity contribution >= 4 is 43.7 Å². The molecular weight excluding hydrogens is 336 g/mol. The van der Waals surface area contributed by atoms with Gasteiger partial charge in [0.15, 0.2) is 0 Å². The number of esters is 1. The molecule has 142 valence electrons. The van der Waals surface area contributed by atoms with Crippen LogP contribution >= 0.6 is 0 Å². The molecule has 0 amide bonds. The van der Waals surface area contributed by atoms with E-state index in [0.717, 1.165) is 0 Å². The molecule has 1 rings (SSSR count). The summed E-state index contributed by atoms with van der Waals surface area (Å²) in [7, 11) is 0. The van der Waals surface area contributed by atoms with Gasteiger partial charge in [0, 0.05) is 6.92 Å². The van der Waals surface area contributed by atoms with Crippen molar-refractivity contribution in [2.75, 3.05) is 6.61 Å². The predicted molar refractivity (Wildman–Crippen MR) is 112 cm³/mol. The smallest absolute Gasteiger partial charge is 1.00 e. The van der Waals surface area contributed by atoms with E-state index in [1.165, 1.54) is 83.1 Å². The average molecular weight is 377 g/mol. The van der Waals surface area contributed by atoms with Crippen LogP contribution in [0.15, 0.2) is 30.3 Å². The Hall–Kier alpha value is -0.0503. The van der Waals surface area contributed by atoms with Crippen LogP contribution in [0.2, 0.25) is 0 Å². The van der Waals surface area contributed by atoms with E-state index < -0.39 is 0 Å². The molecule has 3 heteroatoms. The van der Waals surface area contributed by atoms with E-state index in [-0.39, 0.29) is 46.6 Å². The second-order valence-corrected chi connectivity index (χ2v) is 6.34. The van der Waals surface area contributed by atoms with Gasteiger partial charge in [-0.2, -0.15) is 0 Å². The predicted octanol–water partition coefficient (Wildman–Crippen LogP) is 6.56. The molecule has 0 bridgehead atoms. The summed E-state index contributed by atoms with van der Waals surface area (Å²) in [4.78, 5) is 9.82. The van der Waals surface area contributed by atoms with Gasteiger partial charge in [0.1, 0.15) is 0 Å². The summed E-state index contributed by atoms with van der Waals surface area (Å²) in [6.07, 6.45) is 15.5. The second-order valence-electron chi connectivity index (χ2n) is 6.34. The molecule has 0 aromatic heterocycles. The average Bonchev–Trinajstić information content (AvgIpc) is 2.58. The number of rotatable bonds is 12. The number of benzene rings is 1. The standard InChI is InChI=1S/C18H30.C4H8O2.Ca.2H/c1-2-3-4-5-6-7-8-9-10-12-15-18-16-13-11-14-17-18;1-3-6-4(2)5;;;/h11,13-14,16-17H,2-10,12,15H2,1H3;3H2,1-2H3;;;/q;;+2;2*-1. The Morgan fingerprint density at radius 2 is 1.32 bits per heavy atom. The number of carbonyl (C=O) groups is 1. The number of carbonyl (C=O) groups excluding carboxylic acids is 1. The van der Waals surface area contributed by atoms with Crippen molar-refractivity contribution in [3.8, 4) is 0 Å². The zero-order chi connectivity index (χ0) is 17.9. The van der Waals surface area contributed by atoms with Crippen molar-refractivity contribution in [2.45, 2.75) is 91.4 Å². The minimum Gasteiger partial charge on any atom is -1.00 e. The molecule has 0 radical (unpaired) electrons. The fourth-order valence-corrected chi connectivity index (χ4v) is 2.66. The molecule has 0 saturated carbocycles. The largest absolute Gasteiger partial charge is 2.00 e. The van der Waals surface area contributed by atoms with Crippen molar-refractivity contribution in [1.29, 1.82) is 0 Å². The monoisotopic (exact) mass is 376 g/mol. The molecule has 0 saturated heterocycles. The Balaban J connectivity index is -0.000000257. The Morgan fingerprint density at radius 3 is 1.72 bits per heavy atom. The summed E-state index contributed by atoms with van der Waals surface area (Å²) in [5.74, 6) is -0.211. The van der Waals surface area contributed by atoms with Crippen molar-refractivity contribution in [1.82, 2.24) is 0 Å². The molecule has 0 unspecified atom stereocenters. The number of hydrogen-bond donors (Lipinski definition) is 0. The summed E-state index contributed by atoms with van der Waals surface area (Å²) in [5.41, 5.74) is 1.50. The first kappa shape index (κ1) is 27.2. The molecule has 0 aliphatic heterocycles. The molecule has 0 spiro atoms. The van der Waals surface area contributed by atoms with E-state index in [4.69, 9.17) is 0 Å². The SMILES string of the molecule is CCCCCCCCCCCCc1ccccc1.CCOC(C)=O.[Ca+2].[H-].[H-]. The summed E-state index contributed by atoms with van der Waals surface area (Å²) in [6, 6.07) is 10.9. The van der Waals surface area contributed by atoms with E-state index in [0.29, 0.717) is 6.61 Å². The molecule has 1 aromatic rings. The van der Waals surface area contributed by atoms with Gasteiger partial charge in [-0.15, -0.1) is 0 Å². The Morgan fingerprint density at radius 1 is 0.840 bits per heavy atom. The molecular formula is C22H40CaO2. The number of hydrogen-bond acceptors (Lipinski definition) is 2. The normalized spacial score (nSPS) is 9.56. The van der Waals surface area contributed by atoms with E-state index in [9.17, 15) is 4.79 Å². The Labute approximate surface area is 189 Å². The first-order valence-corrected chi connectivity index (χ1v) is 9.88. The van der Waals surface area contributed by atoms with Crippen LogP contribution in [-0.2, 0) is 16.0 Å². The Kier molecular flexibility index (Phi) is 23.9. The summed E-state index contributed by atoms with van der Waals surface area (Å²) < 4.78 is 4.40. The molecule has 0 heterocycles.